The summed E-state index contributed by atoms with van der Waals surface area (Å²) in [5.41, 5.74) is 0.359. The smallest absolute Gasteiger partial charge is 0.259 e. The Labute approximate surface area is 112 Å². The van der Waals surface area contributed by atoms with Gasteiger partial charge in [-0.15, -0.1) is 0 Å². The fourth-order valence-corrected chi connectivity index (χ4v) is 3.24. The third kappa shape index (κ3) is 2.56. The number of hydrogen-bond acceptors (Lipinski definition) is 5. The van der Waals surface area contributed by atoms with Crippen molar-refractivity contribution in [2.24, 2.45) is 0 Å². The van der Waals surface area contributed by atoms with E-state index >= 15 is 0 Å². The highest BCUT2D eigenvalue weighted by molar-refractivity contribution is 7.92. The summed E-state index contributed by atoms with van der Waals surface area (Å²) in [5.74, 6) is 0.123. The monoisotopic (exact) mass is 284 g/mol. The average molecular weight is 284 g/mol. The van der Waals surface area contributed by atoms with Crippen LogP contribution in [0.4, 0.5) is 0 Å². The highest BCUT2D eigenvalue weighted by Gasteiger charge is 2.39. The first kappa shape index (κ1) is 13.8. The van der Waals surface area contributed by atoms with Crippen molar-refractivity contribution < 1.29 is 17.9 Å². The van der Waals surface area contributed by atoms with Gasteiger partial charge in [0.05, 0.1) is 12.4 Å². The fourth-order valence-electron chi connectivity index (χ4n) is 1.95. The van der Waals surface area contributed by atoms with Crippen LogP contribution in [-0.4, -0.2) is 55.4 Å². The second kappa shape index (κ2) is 5.16. The van der Waals surface area contributed by atoms with Gasteiger partial charge in [0.2, 0.25) is 5.88 Å². The summed E-state index contributed by atoms with van der Waals surface area (Å²) >= 11 is 0. The van der Waals surface area contributed by atoms with E-state index in [0.29, 0.717) is 5.56 Å². The summed E-state index contributed by atoms with van der Waals surface area (Å²) in [6.45, 7) is 2.10. The predicted octanol–water partition coefficient (Wildman–Crippen LogP) is 0.349. The topological polar surface area (TPSA) is 76.6 Å². The Hall–Kier alpha value is -1.63. The normalized spacial score (nSPS) is 16.0. The van der Waals surface area contributed by atoms with E-state index in [2.05, 4.69) is 4.98 Å². The van der Waals surface area contributed by atoms with Gasteiger partial charge in [0.25, 0.3) is 5.91 Å². The van der Waals surface area contributed by atoms with Crippen molar-refractivity contribution in [2.45, 2.75) is 12.2 Å². The second-order valence-electron chi connectivity index (χ2n) is 4.34. The third-order valence-electron chi connectivity index (χ3n) is 3.24. The van der Waals surface area contributed by atoms with Gasteiger partial charge in [-0.2, -0.15) is 0 Å². The third-order valence-corrected chi connectivity index (χ3v) is 5.36. The molecule has 19 heavy (non-hydrogen) atoms. The maximum Gasteiger partial charge on any atom is 0.259 e. The maximum absolute atomic E-state index is 12.2. The predicted molar refractivity (Wildman–Crippen MR) is 69.9 cm³/mol. The van der Waals surface area contributed by atoms with E-state index in [1.165, 1.54) is 18.2 Å². The van der Waals surface area contributed by atoms with Crippen molar-refractivity contribution in [3.63, 3.8) is 0 Å². The number of carbonyl (C=O) groups excluding carboxylic acids is 1. The molecule has 6 nitrogen and oxygen atoms in total. The van der Waals surface area contributed by atoms with Crippen molar-refractivity contribution in [2.75, 3.05) is 26.0 Å². The van der Waals surface area contributed by atoms with Crippen LogP contribution >= 0.6 is 0 Å². The summed E-state index contributed by atoms with van der Waals surface area (Å²) in [6, 6.07) is 3.27. The number of likely N-dealkylation sites (tertiary alicyclic amines) is 1. The molecule has 1 aliphatic rings. The summed E-state index contributed by atoms with van der Waals surface area (Å²) < 4.78 is 28.3. The summed E-state index contributed by atoms with van der Waals surface area (Å²) in [7, 11) is -1.62. The van der Waals surface area contributed by atoms with E-state index in [4.69, 9.17) is 4.74 Å². The SMILES string of the molecule is CCS(=O)(=O)C1CN(C(=O)c2cccnc2OC)C1. The molecular formula is C12H16N2O4S. The molecule has 0 aliphatic carbocycles. The van der Waals surface area contributed by atoms with Gasteiger partial charge in [-0.1, -0.05) is 6.92 Å². The lowest BCUT2D eigenvalue weighted by molar-refractivity contribution is 0.0654. The van der Waals surface area contributed by atoms with Gasteiger partial charge in [0, 0.05) is 25.0 Å². The van der Waals surface area contributed by atoms with Crippen molar-refractivity contribution in [1.29, 1.82) is 0 Å². The number of amides is 1. The van der Waals surface area contributed by atoms with Crippen LogP contribution in [0.15, 0.2) is 18.3 Å². The van der Waals surface area contributed by atoms with Gasteiger partial charge in [-0.3, -0.25) is 4.79 Å². The number of methoxy groups -OCH3 is 1. The van der Waals surface area contributed by atoms with Crippen molar-refractivity contribution in [1.82, 2.24) is 9.88 Å². The summed E-state index contributed by atoms with van der Waals surface area (Å²) in [6.07, 6.45) is 1.54. The van der Waals surface area contributed by atoms with Gasteiger partial charge >= 0.3 is 0 Å². The van der Waals surface area contributed by atoms with Crippen LogP contribution in [0.25, 0.3) is 0 Å². The zero-order valence-electron chi connectivity index (χ0n) is 10.9. The molecule has 1 aliphatic heterocycles. The molecule has 1 aromatic heterocycles. The molecule has 0 aromatic carbocycles. The molecule has 1 amide bonds. The summed E-state index contributed by atoms with van der Waals surface area (Å²) in [5, 5.41) is -0.441. The number of pyridine rings is 1. The van der Waals surface area contributed by atoms with Crippen LogP contribution in [0.1, 0.15) is 17.3 Å². The van der Waals surface area contributed by atoms with Crippen LogP contribution in [-0.2, 0) is 9.84 Å². The molecule has 7 heteroatoms. The van der Waals surface area contributed by atoms with Gasteiger partial charge in [-0.25, -0.2) is 13.4 Å². The Morgan fingerprint density at radius 3 is 2.79 bits per heavy atom. The van der Waals surface area contributed by atoms with E-state index < -0.39 is 15.1 Å². The van der Waals surface area contributed by atoms with Crippen molar-refractivity contribution >= 4 is 15.7 Å². The minimum absolute atomic E-state index is 0.107. The molecule has 1 fully saturated rings. The van der Waals surface area contributed by atoms with Crippen molar-refractivity contribution in [3.8, 4) is 5.88 Å². The van der Waals surface area contributed by atoms with Crippen LogP contribution in [0.3, 0.4) is 0 Å². The molecule has 0 unspecified atom stereocenters. The minimum Gasteiger partial charge on any atom is -0.480 e. The number of aromatic nitrogens is 1. The minimum atomic E-state index is -3.07. The fraction of sp³-hybridized carbons (Fsp3) is 0.500. The Balaban J connectivity index is 2.08. The zero-order valence-corrected chi connectivity index (χ0v) is 11.7. The number of carbonyl (C=O) groups is 1. The molecule has 1 saturated heterocycles. The Bertz CT molecular complexity index is 579. The number of ether oxygens (including phenoxy) is 1. The molecule has 1 aromatic rings. The number of sulfone groups is 1. The standard InChI is InChI=1S/C12H16N2O4S/c1-3-19(16,17)9-7-14(8-9)12(15)10-5-4-6-13-11(10)18-2/h4-6,9H,3,7-8H2,1-2H3. The maximum atomic E-state index is 12.2. The lowest BCUT2D eigenvalue weighted by atomic mass is 10.1. The van der Waals surface area contributed by atoms with Gasteiger partial charge in [-0.05, 0) is 12.1 Å². The number of rotatable bonds is 4. The number of hydrogen-bond donors (Lipinski definition) is 0. The molecule has 104 valence electrons. The average Bonchev–Trinajstić information content (AvgIpc) is 2.36. The van der Waals surface area contributed by atoms with Crippen LogP contribution in [0.2, 0.25) is 0 Å². The van der Waals surface area contributed by atoms with E-state index in [0.717, 1.165) is 0 Å². The quantitative estimate of drug-likeness (QED) is 0.797. The highest BCUT2D eigenvalue weighted by atomic mass is 32.2. The lowest BCUT2D eigenvalue weighted by Crippen LogP contribution is -2.57. The molecule has 0 atom stereocenters. The molecular weight excluding hydrogens is 268 g/mol. The van der Waals surface area contributed by atoms with Crippen LogP contribution in [0.5, 0.6) is 5.88 Å². The van der Waals surface area contributed by atoms with E-state index in [1.54, 1.807) is 19.1 Å². The first-order valence-corrected chi connectivity index (χ1v) is 7.71. The number of nitrogens with zero attached hydrogens (tertiary/aromatic N) is 2. The van der Waals surface area contributed by atoms with E-state index in [9.17, 15) is 13.2 Å². The van der Waals surface area contributed by atoms with Gasteiger partial charge < -0.3 is 9.64 Å². The first-order chi connectivity index (χ1) is 8.99. The van der Waals surface area contributed by atoms with Crippen LogP contribution < -0.4 is 4.74 Å². The van der Waals surface area contributed by atoms with Crippen LogP contribution in [0, 0.1) is 0 Å². The van der Waals surface area contributed by atoms with Gasteiger partial charge in [0.15, 0.2) is 9.84 Å². The molecule has 2 heterocycles. The second-order valence-corrected chi connectivity index (χ2v) is 6.91. The molecule has 0 radical (unpaired) electrons. The Kier molecular flexibility index (Phi) is 3.75. The Morgan fingerprint density at radius 2 is 2.21 bits per heavy atom. The van der Waals surface area contributed by atoms with E-state index in [1.807, 2.05) is 0 Å². The molecule has 0 bridgehead atoms. The molecule has 0 spiro atoms. The largest absolute Gasteiger partial charge is 0.480 e. The molecule has 2 rings (SSSR count). The van der Waals surface area contributed by atoms with Gasteiger partial charge in [0.1, 0.15) is 5.56 Å². The lowest BCUT2D eigenvalue weighted by Gasteiger charge is -2.38. The molecule has 0 N–H and O–H groups in total. The zero-order chi connectivity index (χ0) is 14.0. The van der Waals surface area contributed by atoms with E-state index in [-0.39, 0.29) is 30.6 Å². The summed E-state index contributed by atoms with van der Waals surface area (Å²) in [4.78, 5) is 17.6. The van der Waals surface area contributed by atoms with Crippen molar-refractivity contribution in [3.05, 3.63) is 23.9 Å². The Morgan fingerprint density at radius 1 is 1.53 bits per heavy atom. The first-order valence-electron chi connectivity index (χ1n) is 5.99. The highest BCUT2D eigenvalue weighted by Crippen LogP contribution is 2.23. The molecule has 0 saturated carbocycles.